The molecule has 0 aliphatic rings. The number of alkyl halides is 1. The van der Waals surface area contributed by atoms with Crippen molar-refractivity contribution in [1.82, 2.24) is 0 Å². The first-order valence-corrected chi connectivity index (χ1v) is 8.23. The van der Waals surface area contributed by atoms with E-state index in [4.69, 9.17) is 9.47 Å². The minimum Gasteiger partial charge on any atom is -0.493 e. The molecule has 0 amide bonds. The van der Waals surface area contributed by atoms with Gasteiger partial charge in [-0.2, -0.15) is 0 Å². The third-order valence-electron chi connectivity index (χ3n) is 2.81. The van der Waals surface area contributed by atoms with Crippen LogP contribution in [0.2, 0.25) is 0 Å². The van der Waals surface area contributed by atoms with Gasteiger partial charge in [-0.15, -0.1) is 0 Å². The number of methoxy groups -OCH3 is 2. The van der Waals surface area contributed by atoms with E-state index < -0.39 is 15.1 Å². The molecule has 0 saturated heterocycles. The lowest BCUT2D eigenvalue weighted by Crippen LogP contribution is -2.20. The van der Waals surface area contributed by atoms with E-state index >= 15 is 0 Å². The van der Waals surface area contributed by atoms with E-state index in [9.17, 15) is 8.42 Å². The van der Waals surface area contributed by atoms with Crippen molar-refractivity contribution >= 4 is 25.8 Å². The first kappa shape index (κ1) is 15.3. The maximum Gasteiger partial charge on any atom is 0.161 e. The van der Waals surface area contributed by atoms with E-state index in [2.05, 4.69) is 15.9 Å². The van der Waals surface area contributed by atoms with E-state index in [1.807, 2.05) is 6.07 Å². The molecule has 0 aliphatic carbocycles. The molecule has 1 aromatic rings. The van der Waals surface area contributed by atoms with Crippen molar-refractivity contribution in [3.05, 3.63) is 23.8 Å². The Labute approximate surface area is 116 Å². The van der Waals surface area contributed by atoms with Gasteiger partial charge in [0, 0.05) is 6.26 Å². The minimum absolute atomic E-state index is 0.285. The molecule has 1 aromatic carbocycles. The molecule has 0 saturated carbocycles. The average Bonchev–Trinajstić information content (AvgIpc) is 2.34. The summed E-state index contributed by atoms with van der Waals surface area (Å²) in [6.45, 7) is 1.67. The van der Waals surface area contributed by atoms with Crippen molar-refractivity contribution in [2.24, 2.45) is 0 Å². The van der Waals surface area contributed by atoms with Gasteiger partial charge in [-0.1, -0.05) is 22.0 Å². The minimum atomic E-state index is -3.10. The molecular formula is C12H17BrO4S. The topological polar surface area (TPSA) is 52.6 Å². The lowest BCUT2D eigenvalue weighted by atomic mass is 10.1. The predicted molar refractivity (Wildman–Crippen MR) is 75.5 cm³/mol. The summed E-state index contributed by atoms with van der Waals surface area (Å²) < 4.78 is 33.4. The lowest BCUT2D eigenvalue weighted by Gasteiger charge is -2.18. The van der Waals surface area contributed by atoms with Crippen LogP contribution in [0.25, 0.3) is 0 Å². The summed E-state index contributed by atoms with van der Waals surface area (Å²) in [5, 5.41) is -0.518. The standard InChI is InChI=1S/C12H17BrO4S/c1-8(18(4,14)15)12(13)9-5-6-10(16-2)11(7-9)17-3/h5-8,12H,1-4H3. The second kappa shape index (κ2) is 5.93. The third kappa shape index (κ3) is 3.38. The summed E-state index contributed by atoms with van der Waals surface area (Å²) in [7, 11) is -0.000112. The van der Waals surface area contributed by atoms with Crippen molar-refractivity contribution in [3.63, 3.8) is 0 Å². The van der Waals surface area contributed by atoms with Crippen LogP contribution in [-0.4, -0.2) is 34.1 Å². The Kier molecular flexibility index (Phi) is 5.04. The van der Waals surface area contributed by atoms with Crippen LogP contribution in [0.4, 0.5) is 0 Å². The second-order valence-electron chi connectivity index (χ2n) is 4.05. The van der Waals surface area contributed by atoms with Gasteiger partial charge in [-0.05, 0) is 24.6 Å². The highest BCUT2D eigenvalue weighted by atomic mass is 79.9. The maximum atomic E-state index is 11.5. The van der Waals surface area contributed by atoms with Gasteiger partial charge >= 0.3 is 0 Å². The Morgan fingerprint density at radius 3 is 2.17 bits per heavy atom. The Bertz CT molecular complexity index is 513. The van der Waals surface area contributed by atoms with Crippen molar-refractivity contribution in [2.75, 3.05) is 20.5 Å². The molecule has 2 unspecified atom stereocenters. The summed E-state index contributed by atoms with van der Waals surface area (Å²) in [5.74, 6) is 1.20. The van der Waals surface area contributed by atoms with E-state index in [1.165, 1.54) is 6.26 Å². The Morgan fingerprint density at radius 2 is 1.72 bits per heavy atom. The number of ether oxygens (including phenoxy) is 2. The summed E-state index contributed by atoms with van der Waals surface area (Å²) in [6, 6.07) is 5.36. The zero-order valence-electron chi connectivity index (χ0n) is 10.8. The van der Waals surface area contributed by atoms with Gasteiger partial charge in [-0.25, -0.2) is 8.42 Å². The SMILES string of the molecule is COc1ccc(C(Br)C(C)S(C)(=O)=O)cc1OC. The van der Waals surface area contributed by atoms with Crippen molar-refractivity contribution < 1.29 is 17.9 Å². The van der Waals surface area contributed by atoms with Crippen LogP contribution in [0, 0.1) is 0 Å². The highest BCUT2D eigenvalue weighted by molar-refractivity contribution is 9.09. The molecule has 1 rings (SSSR count). The van der Waals surface area contributed by atoms with Crippen molar-refractivity contribution in [2.45, 2.75) is 17.0 Å². The van der Waals surface area contributed by atoms with E-state index in [0.717, 1.165) is 5.56 Å². The van der Waals surface area contributed by atoms with Crippen molar-refractivity contribution in [1.29, 1.82) is 0 Å². The summed E-state index contributed by atoms with van der Waals surface area (Å²) >= 11 is 3.42. The number of hydrogen-bond donors (Lipinski definition) is 0. The number of halogens is 1. The fourth-order valence-electron chi connectivity index (χ4n) is 1.51. The normalized spacial score (nSPS) is 14.9. The molecule has 0 spiro atoms. The van der Waals surface area contributed by atoms with Crippen LogP contribution in [-0.2, 0) is 9.84 Å². The van der Waals surface area contributed by atoms with Crippen LogP contribution in [0.15, 0.2) is 18.2 Å². The molecule has 6 heteroatoms. The molecule has 0 aromatic heterocycles. The van der Waals surface area contributed by atoms with E-state index in [0.29, 0.717) is 11.5 Å². The summed E-state index contributed by atoms with van der Waals surface area (Å²) in [5.41, 5.74) is 0.838. The van der Waals surface area contributed by atoms with Gasteiger partial charge in [0.1, 0.15) is 0 Å². The highest BCUT2D eigenvalue weighted by Crippen LogP contribution is 2.36. The third-order valence-corrected chi connectivity index (χ3v) is 6.11. The molecule has 0 bridgehead atoms. The molecule has 0 aliphatic heterocycles. The number of rotatable bonds is 5. The zero-order chi connectivity index (χ0) is 13.9. The molecule has 4 nitrogen and oxygen atoms in total. The van der Waals surface area contributed by atoms with E-state index in [-0.39, 0.29) is 4.83 Å². The Balaban J connectivity index is 3.11. The summed E-state index contributed by atoms with van der Waals surface area (Å²) in [4.78, 5) is -0.285. The van der Waals surface area contributed by atoms with Crippen LogP contribution in [0.3, 0.4) is 0 Å². The van der Waals surface area contributed by atoms with Gasteiger partial charge in [0.05, 0.1) is 24.3 Å². The fraction of sp³-hybridized carbons (Fsp3) is 0.500. The predicted octanol–water partition coefficient (Wildman–Crippen LogP) is 2.57. The quantitative estimate of drug-likeness (QED) is 0.775. The summed E-state index contributed by atoms with van der Waals surface area (Å²) in [6.07, 6.45) is 1.23. The fourth-order valence-corrected chi connectivity index (χ4v) is 3.56. The van der Waals surface area contributed by atoms with Gasteiger partial charge in [0.25, 0.3) is 0 Å². The molecule has 18 heavy (non-hydrogen) atoms. The van der Waals surface area contributed by atoms with Crippen LogP contribution >= 0.6 is 15.9 Å². The molecule has 2 atom stereocenters. The first-order valence-electron chi connectivity index (χ1n) is 5.36. The molecular weight excluding hydrogens is 320 g/mol. The molecule has 0 heterocycles. The Morgan fingerprint density at radius 1 is 1.17 bits per heavy atom. The monoisotopic (exact) mass is 336 g/mol. The highest BCUT2D eigenvalue weighted by Gasteiger charge is 2.25. The Hall–Kier alpha value is -0.750. The van der Waals surface area contributed by atoms with Crippen LogP contribution in [0.5, 0.6) is 11.5 Å². The second-order valence-corrected chi connectivity index (χ2v) is 7.44. The van der Waals surface area contributed by atoms with Gasteiger partial charge in [-0.3, -0.25) is 0 Å². The largest absolute Gasteiger partial charge is 0.493 e. The lowest BCUT2D eigenvalue weighted by molar-refractivity contribution is 0.354. The van der Waals surface area contributed by atoms with Crippen LogP contribution in [0.1, 0.15) is 17.3 Å². The number of benzene rings is 1. The van der Waals surface area contributed by atoms with Crippen LogP contribution < -0.4 is 9.47 Å². The molecule has 0 N–H and O–H groups in total. The number of sulfone groups is 1. The first-order chi connectivity index (χ1) is 8.31. The molecule has 0 radical (unpaired) electrons. The van der Waals surface area contributed by atoms with Gasteiger partial charge in [0.15, 0.2) is 21.3 Å². The number of hydrogen-bond acceptors (Lipinski definition) is 4. The van der Waals surface area contributed by atoms with Gasteiger partial charge in [0.2, 0.25) is 0 Å². The maximum absolute atomic E-state index is 11.5. The average molecular weight is 337 g/mol. The molecule has 102 valence electrons. The van der Waals surface area contributed by atoms with Crippen molar-refractivity contribution in [3.8, 4) is 11.5 Å². The van der Waals surface area contributed by atoms with E-state index in [1.54, 1.807) is 33.3 Å². The zero-order valence-corrected chi connectivity index (χ0v) is 13.2. The smallest absolute Gasteiger partial charge is 0.161 e. The molecule has 0 fully saturated rings. The van der Waals surface area contributed by atoms with Gasteiger partial charge < -0.3 is 9.47 Å².